The molecule has 0 aliphatic carbocycles. The highest BCUT2D eigenvalue weighted by atomic mass is 35.5. The molecule has 20 heavy (non-hydrogen) atoms. The van der Waals surface area contributed by atoms with Crippen LogP contribution in [-0.4, -0.2) is 10.7 Å². The first-order valence-corrected chi connectivity index (χ1v) is 7.44. The van der Waals surface area contributed by atoms with Crippen molar-refractivity contribution in [1.82, 2.24) is 10.3 Å². The second kappa shape index (κ2) is 8.47. The molecule has 0 amide bonds. The second-order valence-electron chi connectivity index (χ2n) is 4.48. The fourth-order valence-electron chi connectivity index (χ4n) is 1.28. The molecule has 1 rings (SSSR count). The average Bonchev–Trinajstić information content (AvgIpc) is 2.43. The summed E-state index contributed by atoms with van der Waals surface area (Å²) in [5.74, 6) is 1.32. The molecule has 0 aromatic carbocycles. The Bertz CT molecular complexity index is 536. The summed E-state index contributed by atoms with van der Waals surface area (Å²) in [4.78, 5) is 3.99. The van der Waals surface area contributed by atoms with Gasteiger partial charge in [0.15, 0.2) is 5.57 Å². The summed E-state index contributed by atoms with van der Waals surface area (Å²) in [5.41, 5.74) is 1.05. The lowest BCUT2D eigenvalue weighted by atomic mass is 10.3. The summed E-state index contributed by atoms with van der Waals surface area (Å²) >= 11 is 7.21. The van der Waals surface area contributed by atoms with Crippen LogP contribution in [0.15, 0.2) is 28.9 Å². The summed E-state index contributed by atoms with van der Waals surface area (Å²) in [6.45, 7) is 4.68. The fraction of sp³-hybridized carbons (Fsp3) is 0.357. The maximum absolute atomic E-state index is 8.98. The van der Waals surface area contributed by atoms with E-state index in [9.17, 15) is 0 Å². The molecule has 0 bridgehead atoms. The van der Waals surface area contributed by atoms with Crippen molar-refractivity contribution >= 4 is 23.4 Å². The number of pyridine rings is 1. The number of thioether (sulfide) groups is 1. The van der Waals surface area contributed by atoms with Gasteiger partial charge in [-0.1, -0.05) is 31.5 Å². The zero-order chi connectivity index (χ0) is 15.0. The Morgan fingerprint density at radius 1 is 1.40 bits per heavy atom. The third-order valence-corrected chi connectivity index (χ3v) is 3.95. The zero-order valence-corrected chi connectivity index (χ0v) is 12.9. The molecule has 0 radical (unpaired) electrons. The molecule has 0 saturated carbocycles. The molecule has 0 spiro atoms. The summed E-state index contributed by atoms with van der Waals surface area (Å²) in [6, 6.07) is 7.40. The van der Waals surface area contributed by atoms with Crippen LogP contribution in [-0.2, 0) is 6.54 Å². The maximum atomic E-state index is 8.98. The van der Waals surface area contributed by atoms with Crippen molar-refractivity contribution in [2.45, 2.75) is 20.4 Å². The van der Waals surface area contributed by atoms with E-state index in [1.807, 2.05) is 18.2 Å². The van der Waals surface area contributed by atoms with E-state index in [1.54, 1.807) is 12.3 Å². The van der Waals surface area contributed by atoms with Gasteiger partial charge in [-0.3, -0.25) is 0 Å². The van der Waals surface area contributed by atoms with E-state index in [-0.39, 0.29) is 5.57 Å². The van der Waals surface area contributed by atoms with Crippen LogP contribution in [0.25, 0.3) is 0 Å². The summed E-state index contributed by atoms with van der Waals surface area (Å²) in [6.07, 6.45) is 1.67. The Balaban J connectivity index is 2.76. The third kappa shape index (κ3) is 5.52. The molecule has 1 aromatic heterocycles. The first-order chi connectivity index (χ1) is 9.56. The SMILES string of the molecule is CC(C)CSC(NCc1ccc(Cl)nc1)=C(C#N)C#N. The Labute approximate surface area is 128 Å². The molecule has 0 aliphatic rings. The first kappa shape index (κ1) is 16.4. The van der Waals surface area contributed by atoms with Gasteiger partial charge in [0.1, 0.15) is 17.3 Å². The van der Waals surface area contributed by atoms with E-state index < -0.39 is 0 Å². The van der Waals surface area contributed by atoms with Crippen LogP contribution in [0.4, 0.5) is 0 Å². The molecule has 0 saturated heterocycles. The number of allylic oxidation sites excluding steroid dienone is 1. The largest absolute Gasteiger partial charge is 0.374 e. The minimum atomic E-state index is 0.109. The van der Waals surface area contributed by atoms with Gasteiger partial charge >= 0.3 is 0 Å². The van der Waals surface area contributed by atoms with Gasteiger partial charge in [-0.2, -0.15) is 10.5 Å². The number of nitrogens with one attached hydrogen (secondary N) is 1. The fourth-order valence-corrected chi connectivity index (χ4v) is 2.30. The van der Waals surface area contributed by atoms with Crippen LogP contribution in [0.2, 0.25) is 5.15 Å². The lowest BCUT2D eigenvalue weighted by Gasteiger charge is -2.12. The van der Waals surface area contributed by atoms with Gasteiger partial charge in [0.2, 0.25) is 0 Å². The quantitative estimate of drug-likeness (QED) is 0.643. The van der Waals surface area contributed by atoms with Gasteiger partial charge in [0.05, 0.1) is 5.03 Å². The molecule has 0 atom stereocenters. The van der Waals surface area contributed by atoms with E-state index in [0.717, 1.165) is 11.3 Å². The molecule has 6 heteroatoms. The third-order valence-electron chi connectivity index (χ3n) is 2.25. The average molecular weight is 307 g/mol. The molecule has 0 aliphatic heterocycles. The van der Waals surface area contributed by atoms with Crippen molar-refractivity contribution < 1.29 is 0 Å². The standard InChI is InChI=1S/C14H15ClN4S/c1-10(2)9-20-14(12(5-16)6-17)19-8-11-3-4-13(15)18-7-11/h3-4,7,10,19H,8-9H2,1-2H3. The normalized spacial score (nSPS) is 9.70. The second-order valence-corrected chi connectivity index (χ2v) is 5.89. The highest BCUT2D eigenvalue weighted by Gasteiger charge is 2.08. The van der Waals surface area contributed by atoms with Crippen molar-refractivity contribution in [3.05, 3.63) is 39.6 Å². The minimum Gasteiger partial charge on any atom is -0.374 e. The van der Waals surface area contributed by atoms with Crippen LogP contribution < -0.4 is 5.32 Å². The number of rotatable bonds is 6. The van der Waals surface area contributed by atoms with Crippen LogP contribution in [0.5, 0.6) is 0 Å². The smallest absolute Gasteiger partial charge is 0.159 e. The van der Waals surface area contributed by atoms with Gasteiger partial charge in [0.25, 0.3) is 0 Å². The molecule has 0 fully saturated rings. The predicted molar refractivity (Wildman–Crippen MR) is 81.6 cm³/mol. The van der Waals surface area contributed by atoms with Crippen LogP contribution in [0.1, 0.15) is 19.4 Å². The summed E-state index contributed by atoms with van der Waals surface area (Å²) in [5, 5.41) is 22.1. The lowest BCUT2D eigenvalue weighted by Crippen LogP contribution is -2.13. The van der Waals surface area contributed by atoms with E-state index >= 15 is 0 Å². The van der Waals surface area contributed by atoms with Gasteiger partial charge in [-0.15, -0.1) is 11.8 Å². The van der Waals surface area contributed by atoms with Crippen LogP contribution >= 0.6 is 23.4 Å². The summed E-state index contributed by atoms with van der Waals surface area (Å²) in [7, 11) is 0. The highest BCUT2D eigenvalue weighted by Crippen LogP contribution is 2.20. The van der Waals surface area contributed by atoms with Crippen molar-refractivity contribution in [1.29, 1.82) is 10.5 Å². The van der Waals surface area contributed by atoms with E-state index in [4.69, 9.17) is 22.1 Å². The Hall–Kier alpha value is -1.69. The van der Waals surface area contributed by atoms with E-state index in [1.165, 1.54) is 11.8 Å². The van der Waals surface area contributed by atoms with Gasteiger partial charge in [-0.05, 0) is 17.5 Å². The number of nitriles is 2. The molecule has 1 heterocycles. The lowest BCUT2D eigenvalue weighted by molar-refractivity contribution is 0.749. The molecule has 4 nitrogen and oxygen atoms in total. The Morgan fingerprint density at radius 3 is 2.60 bits per heavy atom. The van der Waals surface area contributed by atoms with Gasteiger partial charge in [0, 0.05) is 18.5 Å². The van der Waals surface area contributed by atoms with Gasteiger partial charge in [-0.25, -0.2) is 4.98 Å². The van der Waals surface area contributed by atoms with E-state index in [0.29, 0.717) is 22.6 Å². The zero-order valence-electron chi connectivity index (χ0n) is 11.4. The first-order valence-electron chi connectivity index (χ1n) is 6.08. The van der Waals surface area contributed by atoms with Crippen molar-refractivity contribution in [3.8, 4) is 12.1 Å². The molecule has 0 unspecified atom stereocenters. The monoisotopic (exact) mass is 306 g/mol. The Kier molecular flexibility index (Phi) is 6.93. The number of aromatic nitrogens is 1. The number of nitrogens with zero attached hydrogens (tertiary/aromatic N) is 3. The van der Waals surface area contributed by atoms with E-state index in [2.05, 4.69) is 24.1 Å². The Morgan fingerprint density at radius 2 is 2.10 bits per heavy atom. The van der Waals surface area contributed by atoms with Crippen LogP contribution in [0.3, 0.4) is 0 Å². The highest BCUT2D eigenvalue weighted by molar-refractivity contribution is 8.03. The number of hydrogen-bond donors (Lipinski definition) is 1. The molecule has 1 aromatic rings. The van der Waals surface area contributed by atoms with Gasteiger partial charge < -0.3 is 5.32 Å². The molecular formula is C14H15ClN4S. The summed E-state index contributed by atoms with van der Waals surface area (Å²) < 4.78 is 0. The minimum absolute atomic E-state index is 0.109. The molecule has 1 N–H and O–H groups in total. The van der Waals surface area contributed by atoms with Crippen LogP contribution in [0, 0.1) is 28.6 Å². The number of halogens is 1. The van der Waals surface area contributed by atoms with Crippen molar-refractivity contribution in [2.75, 3.05) is 5.75 Å². The number of hydrogen-bond acceptors (Lipinski definition) is 5. The molecular weight excluding hydrogens is 292 g/mol. The predicted octanol–water partition coefficient (Wildman–Crippen LogP) is 3.47. The maximum Gasteiger partial charge on any atom is 0.159 e. The topological polar surface area (TPSA) is 72.5 Å². The van der Waals surface area contributed by atoms with Crippen molar-refractivity contribution in [2.24, 2.45) is 5.92 Å². The molecule has 104 valence electrons. The van der Waals surface area contributed by atoms with Crippen molar-refractivity contribution in [3.63, 3.8) is 0 Å².